The lowest BCUT2D eigenvalue weighted by molar-refractivity contribution is 0.0697. The van der Waals surface area contributed by atoms with Crippen molar-refractivity contribution in [1.29, 1.82) is 0 Å². The van der Waals surface area contributed by atoms with Crippen molar-refractivity contribution in [3.8, 4) is 0 Å². The van der Waals surface area contributed by atoms with Gasteiger partial charge in [0, 0.05) is 12.2 Å². The number of hydrogen-bond donors (Lipinski definition) is 3. The zero-order chi connectivity index (χ0) is 15.2. The van der Waals surface area contributed by atoms with Gasteiger partial charge >= 0.3 is 12.0 Å². The summed E-state index contributed by atoms with van der Waals surface area (Å²) in [6.45, 7) is 0.241. The van der Waals surface area contributed by atoms with Gasteiger partial charge in [-0.3, -0.25) is 0 Å². The number of carboxylic acids is 1. The van der Waals surface area contributed by atoms with Crippen molar-refractivity contribution in [2.24, 2.45) is 0 Å². The minimum absolute atomic E-state index is 0.0892. The highest BCUT2D eigenvalue weighted by molar-refractivity contribution is 5.93. The first-order valence-corrected chi connectivity index (χ1v) is 6.17. The summed E-state index contributed by atoms with van der Waals surface area (Å²) in [6.07, 6.45) is 0. The maximum atomic E-state index is 12.7. The van der Waals surface area contributed by atoms with E-state index in [0.29, 0.717) is 5.69 Å². The van der Waals surface area contributed by atoms with Crippen LogP contribution in [-0.4, -0.2) is 17.1 Å². The summed E-state index contributed by atoms with van der Waals surface area (Å²) in [5, 5.41) is 14.0. The Morgan fingerprint density at radius 1 is 1.10 bits per heavy atom. The van der Waals surface area contributed by atoms with E-state index in [1.165, 1.54) is 24.3 Å². The van der Waals surface area contributed by atoms with Crippen LogP contribution in [0.4, 0.5) is 14.9 Å². The van der Waals surface area contributed by atoms with E-state index in [9.17, 15) is 14.0 Å². The SMILES string of the molecule is O=C(NCc1ccc(F)cc1)Nc1cccc(C(=O)O)c1. The van der Waals surface area contributed by atoms with Crippen molar-refractivity contribution in [2.45, 2.75) is 6.54 Å². The molecule has 0 aromatic heterocycles. The Bertz CT molecular complexity index is 656. The Morgan fingerprint density at radius 2 is 1.81 bits per heavy atom. The number of carbonyl (C=O) groups excluding carboxylic acids is 1. The van der Waals surface area contributed by atoms with E-state index < -0.39 is 12.0 Å². The standard InChI is InChI=1S/C15H13FN2O3/c16-12-6-4-10(5-7-12)9-17-15(21)18-13-3-1-2-11(8-13)14(19)20/h1-8H,9H2,(H,19,20)(H2,17,18,21). The summed E-state index contributed by atoms with van der Waals surface area (Å²) in [5.74, 6) is -1.40. The van der Waals surface area contributed by atoms with Gasteiger partial charge in [0.25, 0.3) is 0 Å². The number of anilines is 1. The second-order valence-corrected chi connectivity index (χ2v) is 4.32. The fourth-order valence-corrected chi connectivity index (χ4v) is 1.69. The lowest BCUT2D eigenvalue weighted by Crippen LogP contribution is -2.28. The van der Waals surface area contributed by atoms with Gasteiger partial charge in [-0.25, -0.2) is 14.0 Å². The zero-order valence-electron chi connectivity index (χ0n) is 11.0. The molecule has 6 heteroatoms. The third-order valence-corrected chi connectivity index (χ3v) is 2.73. The number of urea groups is 1. The minimum Gasteiger partial charge on any atom is -0.478 e. The highest BCUT2D eigenvalue weighted by Crippen LogP contribution is 2.10. The van der Waals surface area contributed by atoms with Gasteiger partial charge in [-0.05, 0) is 35.9 Å². The van der Waals surface area contributed by atoms with E-state index in [1.807, 2.05) is 0 Å². The first kappa shape index (κ1) is 14.5. The van der Waals surface area contributed by atoms with Crippen LogP contribution in [0.3, 0.4) is 0 Å². The first-order chi connectivity index (χ1) is 10.0. The Morgan fingerprint density at radius 3 is 2.48 bits per heavy atom. The molecule has 0 atom stereocenters. The van der Waals surface area contributed by atoms with E-state index in [1.54, 1.807) is 24.3 Å². The van der Waals surface area contributed by atoms with Crippen LogP contribution < -0.4 is 10.6 Å². The van der Waals surface area contributed by atoms with Gasteiger partial charge in [0.1, 0.15) is 5.82 Å². The molecule has 0 bridgehead atoms. The predicted molar refractivity (Wildman–Crippen MR) is 75.7 cm³/mol. The maximum absolute atomic E-state index is 12.7. The summed E-state index contributed by atoms with van der Waals surface area (Å²) in [4.78, 5) is 22.5. The van der Waals surface area contributed by atoms with Crippen molar-refractivity contribution in [3.05, 3.63) is 65.5 Å². The van der Waals surface area contributed by atoms with E-state index in [0.717, 1.165) is 5.56 Å². The molecular formula is C15H13FN2O3. The van der Waals surface area contributed by atoms with Crippen molar-refractivity contribution < 1.29 is 19.1 Å². The third-order valence-electron chi connectivity index (χ3n) is 2.73. The molecule has 2 rings (SSSR count). The highest BCUT2D eigenvalue weighted by atomic mass is 19.1. The van der Waals surface area contributed by atoms with E-state index in [2.05, 4.69) is 10.6 Å². The molecule has 0 heterocycles. The molecule has 0 spiro atoms. The molecule has 0 aliphatic heterocycles. The number of nitrogens with one attached hydrogen (secondary N) is 2. The number of hydrogen-bond acceptors (Lipinski definition) is 2. The van der Waals surface area contributed by atoms with E-state index >= 15 is 0 Å². The Balaban J connectivity index is 1.91. The number of amides is 2. The van der Waals surface area contributed by atoms with Crippen LogP contribution in [0.15, 0.2) is 48.5 Å². The Hall–Kier alpha value is -2.89. The van der Waals surface area contributed by atoms with Crippen molar-refractivity contribution in [1.82, 2.24) is 5.32 Å². The third kappa shape index (κ3) is 4.31. The second kappa shape index (κ2) is 6.51. The molecule has 5 nitrogen and oxygen atoms in total. The van der Waals surface area contributed by atoms with Crippen LogP contribution in [0.25, 0.3) is 0 Å². The first-order valence-electron chi connectivity index (χ1n) is 6.17. The van der Waals surface area contributed by atoms with Gasteiger partial charge in [-0.1, -0.05) is 18.2 Å². The van der Waals surface area contributed by atoms with Crippen molar-refractivity contribution >= 4 is 17.7 Å². The molecular weight excluding hydrogens is 275 g/mol. The molecule has 0 radical (unpaired) electrons. The van der Waals surface area contributed by atoms with Crippen LogP contribution in [0, 0.1) is 5.82 Å². The van der Waals surface area contributed by atoms with Crippen LogP contribution in [0.2, 0.25) is 0 Å². The Kier molecular flexibility index (Phi) is 4.50. The second-order valence-electron chi connectivity index (χ2n) is 4.32. The summed E-state index contributed by atoms with van der Waals surface area (Å²) in [5.41, 5.74) is 1.23. The average molecular weight is 288 g/mol. The van der Waals surface area contributed by atoms with Crippen molar-refractivity contribution in [3.63, 3.8) is 0 Å². The molecule has 2 aromatic carbocycles. The van der Waals surface area contributed by atoms with Crippen LogP contribution in [0.1, 0.15) is 15.9 Å². The maximum Gasteiger partial charge on any atom is 0.335 e. The van der Waals surface area contributed by atoms with Gasteiger partial charge in [-0.2, -0.15) is 0 Å². The molecule has 21 heavy (non-hydrogen) atoms. The molecule has 0 saturated carbocycles. The van der Waals surface area contributed by atoms with Gasteiger partial charge in [-0.15, -0.1) is 0 Å². The molecule has 0 saturated heterocycles. The number of carbonyl (C=O) groups is 2. The lowest BCUT2D eigenvalue weighted by atomic mass is 10.2. The topological polar surface area (TPSA) is 78.4 Å². The van der Waals surface area contributed by atoms with Gasteiger partial charge in [0.2, 0.25) is 0 Å². The minimum atomic E-state index is -1.06. The highest BCUT2D eigenvalue weighted by Gasteiger charge is 2.06. The van der Waals surface area contributed by atoms with Crippen LogP contribution in [0.5, 0.6) is 0 Å². The predicted octanol–water partition coefficient (Wildman–Crippen LogP) is 2.85. The fourth-order valence-electron chi connectivity index (χ4n) is 1.69. The molecule has 3 N–H and O–H groups in total. The van der Waals surface area contributed by atoms with Crippen LogP contribution in [-0.2, 0) is 6.54 Å². The number of aromatic carboxylic acids is 1. The van der Waals surface area contributed by atoms with Crippen LogP contribution >= 0.6 is 0 Å². The molecule has 2 aromatic rings. The van der Waals surface area contributed by atoms with Crippen molar-refractivity contribution in [2.75, 3.05) is 5.32 Å². The smallest absolute Gasteiger partial charge is 0.335 e. The molecule has 0 fully saturated rings. The number of halogens is 1. The van der Waals surface area contributed by atoms with E-state index in [-0.39, 0.29) is 17.9 Å². The summed E-state index contributed by atoms with van der Waals surface area (Å²) in [6, 6.07) is 11.2. The molecule has 0 aliphatic rings. The lowest BCUT2D eigenvalue weighted by Gasteiger charge is -2.08. The molecule has 108 valence electrons. The number of rotatable bonds is 4. The van der Waals surface area contributed by atoms with Gasteiger partial charge in [0.05, 0.1) is 5.56 Å². The van der Waals surface area contributed by atoms with Gasteiger partial charge < -0.3 is 15.7 Å². The molecule has 0 unspecified atom stereocenters. The van der Waals surface area contributed by atoms with E-state index in [4.69, 9.17) is 5.11 Å². The Labute approximate surface area is 120 Å². The fraction of sp³-hybridized carbons (Fsp3) is 0.0667. The monoisotopic (exact) mass is 288 g/mol. The quantitative estimate of drug-likeness (QED) is 0.809. The van der Waals surface area contributed by atoms with Gasteiger partial charge in [0.15, 0.2) is 0 Å². The molecule has 0 aliphatic carbocycles. The largest absolute Gasteiger partial charge is 0.478 e. The zero-order valence-corrected chi connectivity index (χ0v) is 11.0. The normalized spacial score (nSPS) is 9.95. The average Bonchev–Trinajstić information content (AvgIpc) is 2.47. The summed E-state index contributed by atoms with van der Waals surface area (Å²) < 4.78 is 12.7. The number of benzene rings is 2. The molecule has 2 amide bonds. The summed E-state index contributed by atoms with van der Waals surface area (Å²) >= 11 is 0. The summed E-state index contributed by atoms with van der Waals surface area (Å²) in [7, 11) is 0. The number of carboxylic acid groups (broad SMARTS) is 1.